The third-order valence-corrected chi connectivity index (χ3v) is 5.10. The Hall–Kier alpha value is -0.870. The molecule has 0 bridgehead atoms. The van der Waals surface area contributed by atoms with Crippen molar-refractivity contribution in [3.63, 3.8) is 0 Å². The molecule has 2 fully saturated rings. The van der Waals surface area contributed by atoms with Gasteiger partial charge in [-0.15, -0.1) is 11.3 Å². The molecule has 1 saturated carbocycles. The molecule has 1 saturated heterocycles. The highest BCUT2D eigenvalue weighted by Gasteiger charge is 2.37. The smallest absolute Gasteiger partial charge is 0.240 e. The number of likely N-dealkylation sites (tertiary alicyclic amines) is 1. The molecule has 1 aliphatic heterocycles. The summed E-state index contributed by atoms with van der Waals surface area (Å²) in [6, 6.07) is 5.37. The minimum Gasteiger partial charge on any atom is -0.338 e. The van der Waals surface area contributed by atoms with Crippen LogP contribution < -0.4 is 5.32 Å². The van der Waals surface area contributed by atoms with E-state index >= 15 is 0 Å². The van der Waals surface area contributed by atoms with E-state index in [1.165, 1.54) is 22.6 Å². The predicted molar refractivity (Wildman–Crippen MR) is 78.5 cm³/mol. The van der Waals surface area contributed by atoms with Gasteiger partial charge in [-0.1, -0.05) is 0 Å². The standard InChI is InChI=1S/C15H22N2OS/c1-10(9-13-6-3-11(2)19-13)17-8-7-14(15(17)18)16-12-4-5-12/h3,6,10,12,14,16H,4-5,7-9H2,1-2H3. The van der Waals surface area contributed by atoms with E-state index in [0.29, 0.717) is 18.0 Å². The Morgan fingerprint density at radius 3 is 2.84 bits per heavy atom. The molecule has 2 atom stereocenters. The first-order valence-electron chi connectivity index (χ1n) is 7.25. The summed E-state index contributed by atoms with van der Waals surface area (Å²) in [7, 11) is 0. The molecule has 2 aliphatic rings. The minimum absolute atomic E-state index is 0.0834. The summed E-state index contributed by atoms with van der Waals surface area (Å²) in [5.74, 6) is 0.313. The van der Waals surface area contributed by atoms with E-state index in [-0.39, 0.29) is 6.04 Å². The maximum absolute atomic E-state index is 12.4. The maximum atomic E-state index is 12.4. The zero-order valence-electron chi connectivity index (χ0n) is 11.7. The molecule has 19 heavy (non-hydrogen) atoms. The Labute approximate surface area is 119 Å². The van der Waals surface area contributed by atoms with Crippen molar-refractivity contribution in [2.75, 3.05) is 6.54 Å². The van der Waals surface area contributed by atoms with Gasteiger partial charge in [-0.05, 0) is 45.2 Å². The number of hydrogen-bond acceptors (Lipinski definition) is 3. The molecule has 104 valence electrons. The summed E-state index contributed by atoms with van der Waals surface area (Å²) in [6.07, 6.45) is 4.45. The highest BCUT2D eigenvalue weighted by Crippen LogP contribution is 2.25. The zero-order chi connectivity index (χ0) is 13.4. The monoisotopic (exact) mass is 278 g/mol. The first-order chi connectivity index (χ1) is 9.13. The third kappa shape index (κ3) is 3.00. The van der Waals surface area contributed by atoms with E-state index < -0.39 is 0 Å². The molecule has 2 heterocycles. The second kappa shape index (κ2) is 5.25. The molecule has 0 radical (unpaired) electrons. The molecule has 1 N–H and O–H groups in total. The highest BCUT2D eigenvalue weighted by atomic mass is 32.1. The van der Waals surface area contributed by atoms with Gasteiger partial charge >= 0.3 is 0 Å². The number of nitrogens with one attached hydrogen (secondary N) is 1. The summed E-state index contributed by atoms with van der Waals surface area (Å²) in [5, 5.41) is 3.47. The van der Waals surface area contributed by atoms with E-state index in [4.69, 9.17) is 0 Å². The van der Waals surface area contributed by atoms with Crippen LogP contribution in [-0.2, 0) is 11.2 Å². The second-order valence-electron chi connectivity index (χ2n) is 5.88. The predicted octanol–water partition coefficient (Wildman–Crippen LogP) is 2.34. The van der Waals surface area contributed by atoms with E-state index in [0.717, 1.165) is 19.4 Å². The third-order valence-electron chi connectivity index (χ3n) is 4.08. The van der Waals surface area contributed by atoms with Gasteiger partial charge in [-0.2, -0.15) is 0 Å². The molecule has 4 heteroatoms. The van der Waals surface area contributed by atoms with Gasteiger partial charge in [0.15, 0.2) is 0 Å². The second-order valence-corrected chi connectivity index (χ2v) is 7.25. The number of carbonyl (C=O) groups is 1. The van der Waals surface area contributed by atoms with E-state index in [9.17, 15) is 4.79 Å². The van der Waals surface area contributed by atoms with Crippen LogP contribution in [0, 0.1) is 6.92 Å². The molecule has 1 aliphatic carbocycles. The van der Waals surface area contributed by atoms with Crippen LogP contribution in [0.15, 0.2) is 12.1 Å². The minimum atomic E-state index is 0.0834. The number of thiophene rings is 1. The van der Waals surface area contributed by atoms with E-state index in [1.807, 2.05) is 11.3 Å². The van der Waals surface area contributed by atoms with Crippen molar-refractivity contribution in [2.24, 2.45) is 0 Å². The lowest BCUT2D eigenvalue weighted by atomic mass is 10.2. The van der Waals surface area contributed by atoms with Crippen molar-refractivity contribution in [3.05, 3.63) is 21.9 Å². The van der Waals surface area contributed by atoms with E-state index in [1.54, 1.807) is 0 Å². The van der Waals surface area contributed by atoms with Crippen LogP contribution >= 0.6 is 11.3 Å². The molecule has 3 nitrogen and oxygen atoms in total. The Balaban J connectivity index is 1.57. The van der Waals surface area contributed by atoms with Crippen LogP contribution in [0.1, 0.15) is 35.9 Å². The molecular formula is C15H22N2OS. The Morgan fingerprint density at radius 2 is 2.21 bits per heavy atom. The molecule has 0 spiro atoms. The lowest BCUT2D eigenvalue weighted by Gasteiger charge is -2.24. The Kier molecular flexibility index (Phi) is 3.63. The first-order valence-corrected chi connectivity index (χ1v) is 8.07. The number of aryl methyl sites for hydroxylation is 1. The molecule has 3 rings (SSSR count). The number of nitrogens with zero attached hydrogens (tertiary/aromatic N) is 1. The first kappa shape index (κ1) is 13.1. The Bertz CT molecular complexity index is 466. The fraction of sp³-hybridized carbons (Fsp3) is 0.667. The number of carbonyl (C=O) groups excluding carboxylic acids is 1. The molecule has 0 aromatic carbocycles. The largest absolute Gasteiger partial charge is 0.338 e. The fourth-order valence-corrected chi connectivity index (χ4v) is 3.84. The highest BCUT2D eigenvalue weighted by molar-refractivity contribution is 7.11. The summed E-state index contributed by atoms with van der Waals surface area (Å²) in [4.78, 5) is 17.2. The molecule has 1 aromatic rings. The fourth-order valence-electron chi connectivity index (χ4n) is 2.82. The van der Waals surface area contributed by atoms with Gasteiger partial charge in [0.2, 0.25) is 5.91 Å². The van der Waals surface area contributed by atoms with Crippen molar-refractivity contribution in [3.8, 4) is 0 Å². The average molecular weight is 278 g/mol. The van der Waals surface area contributed by atoms with Crippen LogP contribution in [0.2, 0.25) is 0 Å². The zero-order valence-corrected chi connectivity index (χ0v) is 12.5. The molecule has 1 aromatic heterocycles. The lowest BCUT2D eigenvalue weighted by molar-refractivity contribution is -0.131. The van der Waals surface area contributed by atoms with Crippen molar-refractivity contribution < 1.29 is 4.79 Å². The van der Waals surface area contributed by atoms with Gasteiger partial charge in [0.05, 0.1) is 6.04 Å². The summed E-state index contributed by atoms with van der Waals surface area (Å²) < 4.78 is 0. The number of amides is 1. The van der Waals surface area contributed by atoms with Gasteiger partial charge in [-0.25, -0.2) is 0 Å². The molecular weight excluding hydrogens is 256 g/mol. The lowest BCUT2D eigenvalue weighted by Crippen LogP contribution is -2.43. The average Bonchev–Trinajstić information content (AvgIpc) is 2.99. The van der Waals surface area contributed by atoms with Crippen molar-refractivity contribution in [2.45, 2.75) is 57.7 Å². The topological polar surface area (TPSA) is 32.3 Å². The summed E-state index contributed by atoms with van der Waals surface area (Å²) >= 11 is 1.84. The van der Waals surface area contributed by atoms with Gasteiger partial charge in [-0.3, -0.25) is 4.79 Å². The van der Waals surface area contributed by atoms with Crippen LogP contribution in [-0.4, -0.2) is 35.5 Å². The van der Waals surface area contributed by atoms with E-state index in [2.05, 4.69) is 36.2 Å². The maximum Gasteiger partial charge on any atom is 0.240 e. The van der Waals surface area contributed by atoms with Crippen molar-refractivity contribution in [1.29, 1.82) is 0 Å². The van der Waals surface area contributed by atoms with Gasteiger partial charge in [0, 0.05) is 34.8 Å². The Morgan fingerprint density at radius 1 is 1.42 bits per heavy atom. The molecule has 1 amide bonds. The summed E-state index contributed by atoms with van der Waals surface area (Å²) in [5.41, 5.74) is 0. The van der Waals surface area contributed by atoms with Crippen LogP contribution in [0.5, 0.6) is 0 Å². The van der Waals surface area contributed by atoms with Crippen molar-refractivity contribution in [1.82, 2.24) is 10.2 Å². The molecule has 2 unspecified atom stereocenters. The van der Waals surface area contributed by atoms with Gasteiger partial charge in [0.1, 0.15) is 0 Å². The van der Waals surface area contributed by atoms with Crippen LogP contribution in [0.3, 0.4) is 0 Å². The summed E-state index contributed by atoms with van der Waals surface area (Å²) in [6.45, 7) is 5.22. The van der Waals surface area contributed by atoms with Crippen LogP contribution in [0.4, 0.5) is 0 Å². The number of hydrogen-bond donors (Lipinski definition) is 1. The number of rotatable bonds is 5. The van der Waals surface area contributed by atoms with Gasteiger partial charge < -0.3 is 10.2 Å². The normalized spacial score (nSPS) is 25.1. The quantitative estimate of drug-likeness (QED) is 0.896. The van der Waals surface area contributed by atoms with Crippen molar-refractivity contribution >= 4 is 17.2 Å². The SMILES string of the molecule is Cc1ccc(CC(C)N2CCC(NC3CC3)C2=O)s1. The van der Waals surface area contributed by atoms with Gasteiger partial charge in [0.25, 0.3) is 0 Å². The van der Waals surface area contributed by atoms with Crippen LogP contribution in [0.25, 0.3) is 0 Å².